The summed E-state index contributed by atoms with van der Waals surface area (Å²) in [5.41, 5.74) is 3.72. The molecule has 0 aliphatic heterocycles. The number of hydrogen-bond acceptors (Lipinski definition) is 0. The average Bonchev–Trinajstić information content (AvgIpc) is 2.41. The molecular weight excluding hydrogens is 228 g/mol. The lowest BCUT2D eigenvalue weighted by Crippen LogP contribution is -1.78. The summed E-state index contributed by atoms with van der Waals surface area (Å²) < 4.78 is 0. The van der Waals surface area contributed by atoms with Crippen molar-refractivity contribution in [2.45, 2.75) is 6.42 Å². The van der Waals surface area contributed by atoms with E-state index in [1.54, 1.807) is 0 Å². The number of halogens is 1. The second-order valence-electron chi connectivity index (χ2n) is 3.87. The standard InChI is InChI=1S/C16H15Cl/c17-13-5-4-6-14-9-11-16(12-10-14)15-7-2-1-3-8-15/h1-4,6-12H,5,13H2. The fourth-order valence-corrected chi connectivity index (χ4v) is 1.83. The zero-order chi connectivity index (χ0) is 11.9. The number of allylic oxidation sites excluding steroid dienone is 1. The zero-order valence-electron chi connectivity index (χ0n) is 9.64. The lowest BCUT2D eigenvalue weighted by Gasteiger charge is -2.01. The van der Waals surface area contributed by atoms with Crippen LogP contribution in [0.1, 0.15) is 12.0 Å². The first kappa shape index (κ1) is 11.9. The van der Waals surface area contributed by atoms with E-state index in [-0.39, 0.29) is 0 Å². The molecule has 0 aliphatic rings. The highest BCUT2D eigenvalue weighted by Crippen LogP contribution is 2.19. The Morgan fingerprint density at radius 1 is 0.824 bits per heavy atom. The molecule has 2 aromatic rings. The van der Waals surface area contributed by atoms with E-state index in [1.165, 1.54) is 16.7 Å². The maximum Gasteiger partial charge on any atom is 0.0258 e. The zero-order valence-corrected chi connectivity index (χ0v) is 10.4. The van der Waals surface area contributed by atoms with Crippen LogP contribution in [0.4, 0.5) is 0 Å². The predicted molar refractivity (Wildman–Crippen MR) is 76.2 cm³/mol. The van der Waals surface area contributed by atoms with Crippen molar-refractivity contribution in [1.29, 1.82) is 0 Å². The maximum absolute atomic E-state index is 5.62. The molecule has 86 valence electrons. The van der Waals surface area contributed by atoms with E-state index < -0.39 is 0 Å². The van der Waals surface area contributed by atoms with E-state index in [2.05, 4.69) is 60.7 Å². The van der Waals surface area contributed by atoms with E-state index in [0.29, 0.717) is 5.88 Å². The van der Waals surface area contributed by atoms with Gasteiger partial charge in [-0.15, -0.1) is 11.6 Å². The van der Waals surface area contributed by atoms with Crippen molar-refractivity contribution in [1.82, 2.24) is 0 Å². The first-order valence-electron chi connectivity index (χ1n) is 5.78. The molecular formula is C16H15Cl. The molecule has 0 N–H and O–H groups in total. The van der Waals surface area contributed by atoms with Gasteiger partial charge in [-0.05, 0) is 23.1 Å². The van der Waals surface area contributed by atoms with Crippen molar-refractivity contribution >= 4 is 17.7 Å². The van der Waals surface area contributed by atoms with Crippen molar-refractivity contribution in [2.24, 2.45) is 0 Å². The summed E-state index contributed by atoms with van der Waals surface area (Å²) in [6.07, 6.45) is 5.13. The average molecular weight is 243 g/mol. The molecule has 0 heterocycles. The molecule has 0 radical (unpaired) electrons. The van der Waals surface area contributed by atoms with Crippen LogP contribution in [0.2, 0.25) is 0 Å². The molecule has 0 aliphatic carbocycles. The quantitative estimate of drug-likeness (QED) is 0.662. The molecule has 0 amide bonds. The summed E-state index contributed by atoms with van der Waals surface area (Å²) in [6.45, 7) is 0. The molecule has 0 fully saturated rings. The van der Waals surface area contributed by atoms with E-state index in [4.69, 9.17) is 11.6 Å². The Kier molecular flexibility index (Phi) is 4.40. The van der Waals surface area contributed by atoms with Crippen LogP contribution >= 0.6 is 11.6 Å². The van der Waals surface area contributed by atoms with Gasteiger partial charge in [-0.3, -0.25) is 0 Å². The monoisotopic (exact) mass is 242 g/mol. The lowest BCUT2D eigenvalue weighted by molar-refractivity contribution is 1.24. The summed E-state index contributed by atoms with van der Waals surface area (Å²) in [4.78, 5) is 0. The Hall–Kier alpha value is -1.53. The topological polar surface area (TPSA) is 0 Å². The molecule has 0 saturated carbocycles. The third kappa shape index (κ3) is 3.47. The smallest absolute Gasteiger partial charge is 0.0258 e. The van der Waals surface area contributed by atoms with Gasteiger partial charge in [-0.1, -0.05) is 66.7 Å². The van der Waals surface area contributed by atoms with Crippen LogP contribution in [-0.4, -0.2) is 5.88 Å². The first-order valence-corrected chi connectivity index (χ1v) is 6.31. The molecule has 17 heavy (non-hydrogen) atoms. The van der Waals surface area contributed by atoms with E-state index in [0.717, 1.165) is 6.42 Å². The number of rotatable bonds is 4. The molecule has 2 aromatic carbocycles. The summed E-state index contributed by atoms with van der Waals surface area (Å²) in [5.74, 6) is 0.679. The first-order chi connectivity index (χ1) is 8.40. The number of hydrogen-bond donors (Lipinski definition) is 0. The van der Waals surface area contributed by atoms with Crippen LogP contribution in [0.3, 0.4) is 0 Å². The minimum Gasteiger partial charge on any atom is -0.126 e. The molecule has 0 saturated heterocycles. The van der Waals surface area contributed by atoms with Crippen LogP contribution in [0.15, 0.2) is 60.7 Å². The van der Waals surface area contributed by atoms with Gasteiger partial charge in [0.1, 0.15) is 0 Å². The molecule has 1 heteroatoms. The van der Waals surface area contributed by atoms with Crippen LogP contribution in [0, 0.1) is 0 Å². The van der Waals surface area contributed by atoms with Crippen molar-refractivity contribution in [3.8, 4) is 11.1 Å². The van der Waals surface area contributed by atoms with E-state index >= 15 is 0 Å². The number of benzene rings is 2. The van der Waals surface area contributed by atoms with Crippen LogP contribution in [0.25, 0.3) is 17.2 Å². The van der Waals surface area contributed by atoms with Gasteiger partial charge in [0.2, 0.25) is 0 Å². The second-order valence-corrected chi connectivity index (χ2v) is 4.25. The third-order valence-electron chi connectivity index (χ3n) is 2.60. The number of alkyl halides is 1. The maximum atomic E-state index is 5.62. The van der Waals surface area contributed by atoms with Crippen molar-refractivity contribution < 1.29 is 0 Å². The van der Waals surface area contributed by atoms with Gasteiger partial charge in [0.05, 0.1) is 0 Å². The third-order valence-corrected chi connectivity index (χ3v) is 2.82. The summed E-state index contributed by atoms with van der Waals surface area (Å²) in [5, 5.41) is 0. The minimum absolute atomic E-state index is 0.679. The van der Waals surface area contributed by atoms with Gasteiger partial charge in [0.25, 0.3) is 0 Å². The van der Waals surface area contributed by atoms with Gasteiger partial charge in [0, 0.05) is 5.88 Å². The van der Waals surface area contributed by atoms with Gasteiger partial charge in [-0.2, -0.15) is 0 Å². The van der Waals surface area contributed by atoms with Crippen LogP contribution < -0.4 is 0 Å². The minimum atomic E-state index is 0.679. The second kappa shape index (κ2) is 6.27. The molecule has 2 rings (SSSR count). The van der Waals surface area contributed by atoms with E-state index in [1.807, 2.05) is 6.07 Å². The Bertz CT molecular complexity index is 469. The fraction of sp³-hybridized carbons (Fsp3) is 0.125. The lowest BCUT2D eigenvalue weighted by atomic mass is 10.0. The predicted octanol–water partition coefficient (Wildman–Crippen LogP) is 5.00. The molecule has 0 unspecified atom stereocenters. The van der Waals surface area contributed by atoms with Gasteiger partial charge < -0.3 is 0 Å². The highest BCUT2D eigenvalue weighted by atomic mass is 35.5. The van der Waals surface area contributed by atoms with Crippen molar-refractivity contribution in [3.63, 3.8) is 0 Å². The van der Waals surface area contributed by atoms with Crippen molar-refractivity contribution in [2.75, 3.05) is 5.88 Å². The highest BCUT2D eigenvalue weighted by molar-refractivity contribution is 6.17. The van der Waals surface area contributed by atoms with Crippen LogP contribution in [-0.2, 0) is 0 Å². The Labute approximate surface area is 108 Å². The van der Waals surface area contributed by atoms with Gasteiger partial charge >= 0.3 is 0 Å². The highest BCUT2D eigenvalue weighted by Gasteiger charge is 1.95. The fourth-order valence-electron chi connectivity index (χ4n) is 1.70. The van der Waals surface area contributed by atoms with Gasteiger partial charge in [-0.25, -0.2) is 0 Å². The summed E-state index contributed by atoms with van der Waals surface area (Å²) in [7, 11) is 0. The molecule has 0 spiro atoms. The Morgan fingerprint density at radius 3 is 2.12 bits per heavy atom. The normalized spacial score (nSPS) is 10.9. The van der Waals surface area contributed by atoms with Gasteiger partial charge in [0.15, 0.2) is 0 Å². The molecule has 0 atom stereocenters. The molecule has 0 nitrogen and oxygen atoms in total. The van der Waals surface area contributed by atoms with E-state index in [9.17, 15) is 0 Å². The largest absolute Gasteiger partial charge is 0.126 e. The summed E-state index contributed by atoms with van der Waals surface area (Å²) in [6, 6.07) is 19.0. The van der Waals surface area contributed by atoms with Crippen LogP contribution in [0.5, 0.6) is 0 Å². The van der Waals surface area contributed by atoms with Crippen molar-refractivity contribution in [3.05, 3.63) is 66.2 Å². The SMILES string of the molecule is ClCCC=Cc1ccc(-c2ccccc2)cc1. The summed E-state index contributed by atoms with van der Waals surface area (Å²) >= 11 is 5.62. The molecule has 0 bridgehead atoms. The Morgan fingerprint density at radius 2 is 1.47 bits per heavy atom. The Balaban J connectivity index is 2.13. The molecule has 0 aromatic heterocycles.